The number of hydrogen-bond donors (Lipinski definition) is 0. The summed E-state index contributed by atoms with van der Waals surface area (Å²) in [4.78, 5) is 8.48. The molecule has 0 aliphatic heterocycles. The Morgan fingerprint density at radius 3 is 2.29 bits per heavy atom. The Hall–Kier alpha value is -1.13. The predicted octanol–water partition coefficient (Wildman–Crippen LogP) is 3.23. The third-order valence-corrected chi connectivity index (χ3v) is 3.10. The van der Waals surface area contributed by atoms with Crippen molar-refractivity contribution in [3.05, 3.63) is 28.3 Å². The zero-order valence-electron chi connectivity index (χ0n) is 9.61. The van der Waals surface area contributed by atoms with Gasteiger partial charge in [-0.3, -0.25) is 4.68 Å². The van der Waals surface area contributed by atoms with E-state index in [1.807, 2.05) is 20.0 Å². The second-order valence-corrected chi connectivity index (χ2v) is 4.26. The molecule has 0 saturated carbocycles. The van der Waals surface area contributed by atoms with Gasteiger partial charge in [0.05, 0.1) is 11.8 Å². The smallest absolute Gasteiger partial charge is 0.165 e. The normalized spacial score (nSPS) is 10.8. The highest BCUT2D eigenvalue weighted by Gasteiger charge is 2.12. The lowest BCUT2D eigenvalue weighted by molar-refractivity contribution is 0.660. The summed E-state index contributed by atoms with van der Waals surface area (Å²) < 4.78 is 1.80. The maximum atomic E-state index is 6.06. The lowest BCUT2D eigenvalue weighted by Crippen LogP contribution is -1.96. The first-order chi connectivity index (χ1) is 8.15. The zero-order valence-corrected chi connectivity index (χ0v) is 11.1. The molecule has 4 nitrogen and oxygen atoms in total. The van der Waals surface area contributed by atoms with Crippen molar-refractivity contribution < 1.29 is 0 Å². The van der Waals surface area contributed by atoms with E-state index in [1.54, 1.807) is 10.9 Å². The highest BCUT2D eigenvalue weighted by molar-refractivity contribution is 6.34. The topological polar surface area (TPSA) is 43.6 Å². The molecule has 0 N–H and O–H groups in total. The molecule has 6 heteroatoms. The largest absolute Gasteiger partial charge is 0.272 e. The first-order valence-corrected chi connectivity index (χ1v) is 6.16. The summed E-state index contributed by atoms with van der Waals surface area (Å²) in [6.07, 6.45) is 4.29. The van der Waals surface area contributed by atoms with Crippen LogP contribution in [-0.4, -0.2) is 19.7 Å². The number of nitrogens with zero attached hydrogens (tertiary/aromatic N) is 4. The molecule has 2 aromatic rings. The average molecular weight is 271 g/mol. The average Bonchev–Trinajstić information content (AvgIpc) is 2.77. The molecule has 2 rings (SSSR count). The van der Waals surface area contributed by atoms with Crippen molar-refractivity contribution in [2.75, 3.05) is 0 Å². The summed E-state index contributed by atoms with van der Waals surface area (Å²) >= 11 is 12.1. The van der Waals surface area contributed by atoms with Gasteiger partial charge in [-0.25, -0.2) is 9.97 Å². The first-order valence-electron chi connectivity index (χ1n) is 5.40. The van der Waals surface area contributed by atoms with Crippen LogP contribution in [0.2, 0.25) is 10.3 Å². The second-order valence-electron chi connectivity index (χ2n) is 3.55. The monoisotopic (exact) mass is 270 g/mol. The molecule has 0 atom stereocenters. The summed E-state index contributed by atoms with van der Waals surface area (Å²) in [7, 11) is 0. The Morgan fingerprint density at radius 2 is 1.82 bits per heavy atom. The standard InChI is InChI=1S/C11H12Cl2N4/c1-3-8-9(12)15-11(16-10(8)13)7-5-14-17(4-2)6-7/h5-6H,3-4H2,1-2H3. The number of aryl methyl sites for hydroxylation is 1. The molecule has 2 heterocycles. The van der Waals surface area contributed by atoms with E-state index in [-0.39, 0.29) is 0 Å². The minimum atomic E-state index is 0.409. The SMILES string of the molecule is CCc1c(Cl)nc(-c2cnn(CC)c2)nc1Cl. The predicted molar refractivity (Wildman–Crippen MR) is 68.3 cm³/mol. The van der Waals surface area contributed by atoms with Crippen LogP contribution < -0.4 is 0 Å². The number of aromatic nitrogens is 4. The van der Waals surface area contributed by atoms with Gasteiger partial charge in [0.2, 0.25) is 0 Å². The van der Waals surface area contributed by atoms with Crippen molar-refractivity contribution in [1.29, 1.82) is 0 Å². The summed E-state index contributed by atoms with van der Waals surface area (Å²) in [5.74, 6) is 0.511. The van der Waals surface area contributed by atoms with Crippen LogP contribution in [-0.2, 0) is 13.0 Å². The minimum absolute atomic E-state index is 0.409. The highest BCUT2D eigenvalue weighted by Crippen LogP contribution is 2.25. The third-order valence-electron chi connectivity index (χ3n) is 2.48. The van der Waals surface area contributed by atoms with Crippen molar-refractivity contribution in [3.63, 3.8) is 0 Å². The van der Waals surface area contributed by atoms with E-state index in [1.165, 1.54) is 0 Å². The Labute approximate surface area is 110 Å². The molecule has 0 unspecified atom stereocenters. The van der Waals surface area contributed by atoms with Crippen molar-refractivity contribution in [2.24, 2.45) is 0 Å². The Bertz CT molecular complexity index is 513. The van der Waals surface area contributed by atoms with E-state index in [0.29, 0.717) is 22.6 Å². The van der Waals surface area contributed by atoms with Gasteiger partial charge in [0.15, 0.2) is 5.82 Å². The Balaban J connectivity index is 2.46. The lowest BCUT2D eigenvalue weighted by Gasteiger charge is -2.04. The first kappa shape index (κ1) is 12.3. The van der Waals surface area contributed by atoms with E-state index < -0.39 is 0 Å². The fraction of sp³-hybridized carbons (Fsp3) is 0.364. The van der Waals surface area contributed by atoms with Gasteiger partial charge in [0, 0.05) is 18.3 Å². The number of hydrogen-bond acceptors (Lipinski definition) is 3. The van der Waals surface area contributed by atoms with Crippen LogP contribution in [0.3, 0.4) is 0 Å². The quantitative estimate of drug-likeness (QED) is 0.805. The van der Waals surface area contributed by atoms with Crippen LogP contribution in [0.25, 0.3) is 11.4 Å². The van der Waals surface area contributed by atoms with Gasteiger partial charge in [-0.1, -0.05) is 30.1 Å². The molecule has 17 heavy (non-hydrogen) atoms. The maximum absolute atomic E-state index is 6.06. The Kier molecular flexibility index (Phi) is 3.64. The van der Waals surface area contributed by atoms with Gasteiger partial charge in [0.1, 0.15) is 10.3 Å². The molecular formula is C11H12Cl2N4. The highest BCUT2D eigenvalue weighted by atomic mass is 35.5. The van der Waals surface area contributed by atoms with Gasteiger partial charge < -0.3 is 0 Å². The summed E-state index contributed by atoms with van der Waals surface area (Å²) in [5.41, 5.74) is 1.60. The van der Waals surface area contributed by atoms with E-state index in [0.717, 1.165) is 17.7 Å². The molecule has 0 spiro atoms. The van der Waals surface area contributed by atoms with Crippen LogP contribution in [0.5, 0.6) is 0 Å². The van der Waals surface area contributed by atoms with Crippen LogP contribution in [0.15, 0.2) is 12.4 Å². The number of rotatable bonds is 3. The van der Waals surface area contributed by atoms with Crippen molar-refractivity contribution in [3.8, 4) is 11.4 Å². The Morgan fingerprint density at radius 1 is 1.18 bits per heavy atom. The molecule has 0 aliphatic rings. The molecular weight excluding hydrogens is 259 g/mol. The van der Waals surface area contributed by atoms with Crippen molar-refractivity contribution in [2.45, 2.75) is 26.8 Å². The van der Waals surface area contributed by atoms with Gasteiger partial charge in [0.25, 0.3) is 0 Å². The van der Waals surface area contributed by atoms with E-state index in [4.69, 9.17) is 23.2 Å². The zero-order chi connectivity index (χ0) is 12.4. The molecule has 0 aromatic carbocycles. The molecule has 2 aromatic heterocycles. The fourth-order valence-corrected chi connectivity index (χ4v) is 2.16. The molecule has 0 aliphatic carbocycles. The van der Waals surface area contributed by atoms with Crippen LogP contribution in [0.4, 0.5) is 0 Å². The molecule has 0 saturated heterocycles. The van der Waals surface area contributed by atoms with Gasteiger partial charge in [-0.15, -0.1) is 0 Å². The van der Waals surface area contributed by atoms with Gasteiger partial charge >= 0.3 is 0 Å². The summed E-state index contributed by atoms with van der Waals surface area (Å²) in [5, 5.41) is 4.98. The van der Waals surface area contributed by atoms with Crippen LogP contribution >= 0.6 is 23.2 Å². The van der Waals surface area contributed by atoms with Gasteiger partial charge in [-0.05, 0) is 13.3 Å². The van der Waals surface area contributed by atoms with Crippen LogP contribution in [0.1, 0.15) is 19.4 Å². The summed E-state index contributed by atoms with van der Waals surface area (Å²) in [6.45, 7) is 4.78. The van der Waals surface area contributed by atoms with E-state index >= 15 is 0 Å². The minimum Gasteiger partial charge on any atom is -0.272 e. The molecule has 0 fully saturated rings. The molecule has 0 amide bonds. The van der Waals surface area contributed by atoms with Crippen molar-refractivity contribution >= 4 is 23.2 Å². The number of halogens is 2. The lowest BCUT2D eigenvalue weighted by atomic mass is 10.2. The van der Waals surface area contributed by atoms with Crippen molar-refractivity contribution in [1.82, 2.24) is 19.7 Å². The summed E-state index contributed by atoms with van der Waals surface area (Å²) in [6, 6.07) is 0. The fourth-order valence-electron chi connectivity index (χ4n) is 1.50. The van der Waals surface area contributed by atoms with E-state index in [2.05, 4.69) is 15.1 Å². The maximum Gasteiger partial charge on any atom is 0.165 e. The molecule has 0 bridgehead atoms. The third kappa shape index (κ3) is 2.42. The van der Waals surface area contributed by atoms with Crippen LogP contribution in [0, 0.1) is 0 Å². The van der Waals surface area contributed by atoms with Gasteiger partial charge in [-0.2, -0.15) is 5.10 Å². The second kappa shape index (κ2) is 5.02. The van der Waals surface area contributed by atoms with E-state index in [9.17, 15) is 0 Å². The molecule has 90 valence electrons. The molecule has 0 radical (unpaired) electrons.